The maximum absolute atomic E-state index is 10.8. The first-order valence-electron chi connectivity index (χ1n) is 4.77. The summed E-state index contributed by atoms with van der Waals surface area (Å²) in [6.07, 6.45) is 1.41. The topological polar surface area (TPSA) is 46.5 Å². The molecule has 0 radical (unpaired) electrons. The second kappa shape index (κ2) is 3.76. The lowest BCUT2D eigenvalue weighted by Gasteiger charge is -2.24. The summed E-state index contributed by atoms with van der Waals surface area (Å²) >= 11 is 0. The van der Waals surface area contributed by atoms with Crippen LogP contribution in [0.2, 0.25) is 0 Å². The van der Waals surface area contributed by atoms with Crippen molar-refractivity contribution in [2.45, 2.75) is 51.9 Å². The second-order valence-corrected chi connectivity index (χ2v) is 4.35. The van der Waals surface area contributed by atoms with E-state index in [4.69, 9.17) is 4.74 Å². The van der Waals surface area contributed by atoms with Gasteiger partial charge in [0.15, 0.2) is 6.29 Å². The highest BCUT2D eigenvalue weighted by Gasteiger charge is 2.40. The van der Waals surface area contributed by atoms with E-state index < -0.39 is 6.29 Å². The number of carbonyl (C=O) groups is 1. The predicted octanol–water partition coefficient (Wildman–Crippen LogP) is 1.49. The summed E-state index contributed by atoms with van der Waals surface area (Å²) in [5.74, 6) is 0.503. The number of rotatable bonds is 3. The fourth-order valence-corrected chi connectivity index (χ4v) is 1.87. The van der Waals surface area contributed by atoms with Crippen molar-refractivity contribution in [3.8, 4) is 0 Å². The monoisotopic (exact) mass is 186 g/mol. The molecule has 0 unspecified atom stereocenters. The Kier molecular flexibility index (Phi) is 3.09. The highest BCUT2D eigenvalue weighted by atomic mass is 16.6. The van der Waals surface area contributed by atoms with E-state index in [2.05, 4.69) is 0 Å². The molecule has 1 heterocycles. The number of hydrogen-bond acceptors (Lipinski definition) is 3. The van der Waals surface area contributed by atoms with E-state index in [-0.39, 0.29) is 11.4 Å². The average Bonchev–Trinajstić information content (AvgIpc) is 2.19. The van der Waals surface area contributed by atoms with Crippen molar-refractivity contribution in [1.82, 2.24) is 0 Å². The van der Waals surface area contributed by atoms with E-state index in [9.17, 15) is 9.90 Å². The molecule has 1 aliphatic rings. The van der Waals surface area contributed by atoms with Gasteiger partial charge in [-0.05, 0) is 33.1 Å². The standard InChI is InChI=1S/C10H18O3/c1-7(11)4-5-8-6-9(12)13-10(8,2)3/h8-9,12H,4-6H2,1-3H3/t8-,9-/m1/s1. The number of ketones is 1. The van der Waals surface area contributed by atoms with Gasteiger partial charge in [-0.15, -0.1) is 0 Å². The van der Waals surface area contributed by atoms with Crippen LogP contribution in [0.1, 0.15) is 40.0 Å². The molecule has 0 aliphatic carbocycles. The minimum Gasteiger partial charge on any atom is -0.368 e. The zero-order valence-electron chi connectivity index (χ0n) is 8.54. The Balaban J connectivity index is 2.45. The van der Waals surface area contributed by atoms with Gasteiger partial charge in [0.1, 0.15) is 5.78 Å². The Labute approximate surface area is 79.1 Å². The fourth-order valence-electron chi connectivity index (χ4n) is 1.87. The SMILES string of the molecule is CC(=O)CC[C@@H]1C[C@H](O)OC1(C)C. The summed E-state index contributed by atoms with van der Waals surface area (Å²) in [6.45, 7) is 5.53. The number of ether oxygens (including phenoxy) is 1. The molecule has 0 bridgehead atoms. The van der Waals surface area contributed by atoms with Crippen molar-refractivity contribution in [3.05, 3.63) is 0 Å². The van der Waals surface area contributed by atoms with E-state index in [1.165, 1.54) is 0 Å². The molecule has 3 heteroatoms. The second-order valence-electron chi connectivity index (χ2n) is 4.35. The van der Waals surface area contributed by atoms with Crippen molar-refractivity contribution in [3.63, 3.8) is 0 Å². The van der Waals surface area contributed by atoms with Crippen LogP contribution in [-0.2, 0) is 9.53 Å². The number of carbonyl (C=O) groups excluding carboxylic acids is 1. The van der Waals surface area contributed by atoms with E-state index in [0.29, 0.717) is 18.8 Å². The molecule has 1 saturated heterocycles. The zero-order chi connectivity index (χ0) is 10.1. The number of aliphatic hydroxyl groups is 1. The third-order valence-corrected chi connectivity index (χ3v) is 2.75. The van der Waals surface area contributed by atoms with Gasteiger partial charge in [-0.25, -0.2) is 0 Å². The van der Waals surface area contributed by atoms with Crippen LogP contribution in [-0.4, -0.2) is 22.8 Å². The summed E-state index contributed by atoms with van der Waals surface area (Å²) in [5.41, 5.74) is -0.283. The first-order valence-corrected chi connectivity index (χ1v) is 4.77. The Morgan fingerprint density at radius 2 is 2.23 bits per heavy atom. The first kappa shape index (κ1) is 10.7. The normalized spacial score (nSPS) is 32.0. The van der Waals surface area contributed by atoms with Crippen LogP contribution in [0.5, 0.6) is 0 Å². The van der Waals surface area contributed by atoms with Crippen molar-refractivity contribution in [1.29, 1.82) is 0 Å². The van der Waals surface area contributed by atoms with Gasteiger partial charge in [0, 0.05) is 12.8 Å². The van der Waals surface area contributed by atoms with Gasteiger partial charge in [-0.1, -0.05) is 0 Å². The van der Waals surface area contributed by atoms with Crippen molar-refractivity contribution >= 4 is 5.78 Å². The summed E-state index contributed by atoms with van der Waals surface area (Å²) in [7, 11) is 0. The molecular weight excluding hydrogens is 168 g/mol. The lowest BCUT2D eigenvalue weighted by Crippen LogP contribution is -2.28. The molecule has 0 aromatic rings. The summed E-state index contributed by atoms with van der Waals surface area (Å²) in [4.78, 5) is 10.8. The Bertz CT molecular complexity index is 198. The quantitative estimate of drug-likeness (QED) is 0.726. The molecule has 1 rings (SSSR count). The molecule has 1 aliphatic heterocycles. The van der Waals surface area contributed by atoms with Gasteiger partial charge in [0.05, 0.1) is 5.60 Å². The predicted molar refractivity (Wildman–Crippen MR) is 49.2 cm³/mol. The van der Waals surface area contributed by atoms with Crippen LogP contribution in [0, 0.1) is 5.92 Å². The summed E-state index contributed by atoms with van der Waals surface area (Å²) < 4.78 is 5.34. The molecule has 76 valence electrons. The average molecular weight is 186 g/mol. The molecule has 13 heavy (non-hydrogen) atoms. The molecular formula is C10H18O3. The third-order valence-electron chi connectivity index (χ3n) is 2.75. The van der Waals surface area contributed by atoms with Gasteiger partial charge in [-0.2, -0.15) is 0 Å². The lowest BCUT2D eigenvalue weighted by molar-refractivity contribution is -0.128. The minimum atomic E-state index is -0.646. The third kappa shape index (κ3) is 2.78. The number of hydrogen-bond donors (Lipinski definition) is 1. The largest absolute Gasteiger partial charge is 0.368 e. The van der Waals surface area contributed by atoms with Crippen LogP contribution in [0.15, 0.2) is 0 Å². The van der Waals surface area contributed by atoms with Crippen LogP contribution < -0.4 is 0 Å². The van der Waals surface area contributed by atoms with Gasteiger partial charge in [0.2, 0.25) is 0 Å². The number of aliphatic hydroxyl groups excluding tert-OH is 1. The molecule has 0 saturated carbocycles. The van der Waals surface area contributed by atoms with Crippen LogP contribution in [0.3, 0.4) is 0 Å². The van der Waals surface area contributed by atoms with E-state index in [1.807, 2.05) is 13.8 Å². The molecule has 1 fully saturated rings. The van der Waals surface area contributed by atoms with Crippen molar-refractivity contribution in [2.75, 3.05) is 0 Å². The first-order chi connectivity index (χ1) is 5.92. The lowest BCUT2D eigenvalue weighted by atomic mass is 9.86. The van der Waals surface area contributed by atoms with Crippen molar-refractivity contribution < 1.29 is 14.6 Å². The summed E-state index contributed by atoms with van der Waals surface area (Å²) in [6, 6.07) is 0. The smallest absolute Gasteiger partial charge is 0.155 e. The van der Waals surface area contributed by atoms with E-state index >= 15 is 0 Å². The molecule has 1 N–H and O–H groups in total. The van der Waals surface area contributed by atoms with Crippen LogP contribution >= 0.6 is 0 Å². The Morgan fingerprint density at radius 3 is 2.62 bits per heavy atom. The van der Waals surface area contributed by atoms with Gasteiger partial charge in [0.25, 0.3) is 0 Å². The van der Waals surface area contributed by atoms with Gasteiger partial charge in [-0.3, -0.25) is 0 Å². The Hall–Kier alpha value is -0.410. The van der Waals surface area contributed by atoms with Crippen LogP contribution in [0.25, 0.3) is 0 Å². The van der Waals surface area contributed by atoms with E-state index in [1.54, 1.807) is 6.92 Å². The highest BCUT2D eigenvalue weighted by molar-refractivity contribution is 5.75. The van der Waals surface area contributed by atoms with Crippen molar-refractivity contribution in [2.24, 2.45) is 5.92 Å². The van der Waals surface area contributed by atoms with Crippen LogP contribution in [0.4, 0.5) is 0 Å². The molecule has 3 nitrogen and oxygen atoms in total. The zero-order valence-corrected chi connectivity index (χ0v) is 8.54. The molecule has 0 amide bonds. The minimum absolute atomic E-state index is 0.206. The molecule has 0 aromatic carbocycles. The number of Topliss-reactive ketones (excluding diaryl/α,β-unsaturated/α-hetero) is 1. The highest BCUT2D eigenvalue weighted by Crippen LogP contribution is 2.37. The molecule has 2 atom stereocenters. The Morgan fingerprint density at radius 1 is 1.62 bits per heavy atom. The fraction of sp³-hybridized carbons (Fsp3) is 0.900. The maximum atomic E-state index is 10.8. The van der Waals surface area contributed by atoms with E-state index in [0.717, 1.165) is 6.42 Å². The molecule has 0 spiro atoms. The molecule has 0 aromatic heterocycles. The van der Waals surface area contributed by atoms with Gasteiger partial charge >= 0.3 is 0 Å². The van der Waals surface area contributed by atoms with Gasteiger partial charge < -0.3 is 14.6 Å². The maximum Gasteiger partial charge on any atom is 0.155 e. The summed E-state index contributed by atoms with van der Waals surface area (Å²) in [5, 5.41) is 9.29.